The Morgan fingerprint density at radius 3 is 1.86 bits per heavy atom. The number of nitrogens with zero attached hydrogens (tertiary/aromatic N) is 1. The van der Waals surface area contributed by atoms with E-state index in [0.717, 1.165) is 27.8 Å². The third-order valence-corrected chi connectivity index (χ3v) is 7.51. The van der Waals surface area contributed by atoms with E-state index in [-0.39, 0.29) is 18.9 Å². The van der Waals surface area contributed by atoms with Gasteiger partial charge in [-0.05, 0) is 40.5 Å². The largest absolute Gasteiger partial charge is 0.488 e. The van der Waals surface area contributed by atoms with Crippen LogP contribution >= 0.6 is 11.6 Å². The third-order valence-electron chi connectivity index (χ3n) is 7.18. The van der Waals surface area contributed by atoms with Crippen molar-refractivity contribution in [3.63, 3.8) is 0 Å². The molecule has 0 atom stereocenters. The molecule has 6 aromatic rings. The second-order valence-electron chi connectivity index (χ2n) is 10.1. The molecule has 6 rings (SSSR count). The summed E-state index contributed by atoms with van der Waals surface area (Å²) in [5.74, 6) is -0.246. The number of benzene rings is 5. The molecule has 1 aromatic heterocycles. The summed E-state index contributed by atoms with van der Waals surface area (Å²) in [7, 11) is 0. The van der Waals surface area contributed by atoms with Gasteiger partial charge in [-0.2, -0.15) is 0 Å². The van der Waals surface area contributed by atoms with Crippen LogP contribution in [0.2, 0.25) is 5.02 Å². The van der Waals surface area contributed by atoms with Crippen molar-refractivity contribution in [2.75, 3.05) is 0 Å². The number of rotatable bonds is 10. The minimum Gasteiger partial charge on any atom is -0.488 e. The monoisotopic (exact) mass is 585 g/mol. The molecule has 1 heterocycles. The van der Waals surface area contributed by atoms with E-state index in [4.69, 9.17) is 26.1 Å². The Bertz CT molecular complexity index is 1880. The summed E-state index contributed by atoms with van der Waals surface area (Å²) in [5, 5.41) is 11.6. The van der Waals surface area contributed by atoms with E-state index < -0.39 is 5.97 Å². The second-order valence-corrected chi connectivity index (χ2v) is 10.5. The highest BCUT2D eigenvalue weighted by Crippen LogP contribution is 2.42. The summed E-state index contributed by atoms with van der Waals surface area (Å²) in [6.45, 7) is 0.523. The first-order valence-electron chi connectivity index (χ1n) is 13.9. The van der Waals surface area contributed by atoms with Gasteiger partial charge in [0.2, 0.25) is 0 Å². The van der Waals surface area contributed by atoms with Crippen molar-refractivity contribution in [3.05, 3.63) is 160 Å². The molecule has 0 aliphatic heterocycles. The number of fused-ring (bicyclic) bond motifs is 1. The zero-order valence-electron chi connectivity index (χ0n) is 23.2. The van der Waals surface area contributed by atoms with Gasteiger partial charge in [0.15, 0.2) is 5.69 Å². The molecule has 0 aliphatic rings. The zero-order valence-corrected chi connectivity index (χ0v) is 24.0. The summed E-state index contributed by atoms with van der Waals surface area (Å²) < 4.78 is 12.9. The normalized spacial score (nSPS) is 10.9. The minimum atomic E-state index is -1.14. The number of aromatic carboxylic acids is 1. The second kappa shape index (κ2) is 12.8. The van der Waals surface area contributed by atoms with Crippen molar-refractivity contribution >= 4 is 28.5 Å². The van der Waals surface area contributed by atoms with Crippen molar-refractivity contribution in [2.45, 2.75) is 19.6 Å². The lowest BCUT2D eigenvalue weighted by atomic mass is 9.96. The molecule has 0 fully saturated rings. The Labute approximate surface area is 255 Å². The Morgan fingerprint density at radius 1 is 0.698 bits per heavy atom. The van der Waals surface area contributed by atoms with Gasteiger partial charge < -0.3 is 14.6 Å². The van der Waals surface area contributed by atoms with Crippen LogP contribution in [0.15, 0.2) is 127 Å². The first-order valence-corrected chi connectivity index (χ1v) is 14.3. The highest BCUT2D eigenvalue weighted by Gasteiger charge is 2.25. The SMILES string of the molecule is O=C(O)c1nc2c(OCc3ccccc3)cc(-c3ccccc3Cl)cc2c(OCc2ccccc2)c1Cc1ccccc1. The summed E-state index contributed by atoms with van der Waals surface area (Å²) in [5.41, 5.74) is 5.32. The molecule has 0 aliphatic carbocycles. The van der Waals surface area contributed by atoms with Crippen LogP contribution in [0.5, 0.6) is 11.5 Å². The maximum atomic E-state index is 12.7. The number of carboxylic acids is 1. The van der Waals surface area contributed by atoms with Gasteiger partial charge in [-0.25, -0.2) is 9.78 Å². The molecule has 0 bridgehead atoms. The van der Waals surface area contributed by atoms with Gasteiger partial charge in [0.25, 0.3) is 0 Å². The average molecular weight is 586 g/mol. The first-order chi connectivity index (χ1) is 21.1. The lowest BCUT2D eigenvalue weighted by Gasteiger charge is -2.20. The van der Waals surface area contributed by atoms with Gasteiger partial charge in [-0.3, -0.25) is 0 Å². The Balaban J connectivity index is 1.59. The van der Waals surface area contributed by atoms with Crippen molar-refractivity contribution < 1.29 is 19.4 Å². The Morgan fingerprint density at radius 2 is 1.26 bits per heavy atom. The molecule has 6 heteroatoms. The number of halogens is 1. The van der Waals surface area contributed by atoms with Crippen molar-refractivity contribution in [2.24, 2.45) is 0 Å². The van der Waals surface area contributed by atoms with Crippen molar-refractivity contribution in [1.29, 1.82) is 0 Å². The Hall–Kier alpha value is -5.13. The van der Waals surface area contributed by atoms with E-state index in [0.29, 0.717) is 39.4 Å². The quantitative estimate of drug-likeness (QED) is 0.174. The molecule has 0 unspecified atom stereocenters. The minimum absolute atomic E-state index is 0.0746. The van der Waals surface area contributed by atoms with Crippen LogP contribution in [0.3, 0.4) is 0 Å². The van der Waals surface area contributed by atoms with Crippen LogP contribution < -0.4 is 9.47 Å². The van der Waals surface area contributed by atoms with Gasteiger partial charge in [0.1, 0.15) is 30.2 Å². The molecular formula is C37H28ClNO4. The summed E-state index contributed by atoms with van der Waals surface area (Å²) >= 11 is 6.66. The number of hydrogen-bond donors (Lipinski definition) is 1. The molecule has 1 N–H and O–H groups in total. The number of carboxylic acid groups (broad SMARTS) is 1. The number of aromatic nitrogens is 1. The predicted molar refractivity (Wildman–Crippen MR) is 170 cm³/mol. The van der Waals surface area contributed by atoms with E-state index in [2.05, 4.69) is 0 Å². The molecule has 5 aromatic carbocycles. The van der Waals surface area contributed by atoms with E-state index in [1.54, 1.807) is 0 Å². The van der Waals surface area contributed by atoms with Crippen LogP contribution in [0.4, 0.5) is 0 Å². The van der Waals surface area contributed by atoms with E-state index >= 15 is 0 Å². The Kier molecular flexibility index (Phi) is 8.34. The zero-order chi connectivity index (χ0) is 29.6. The topological polar surface area (TPSA) is 68.7 Å². The molecule has 0 saturated heterocycles. The van der Waals surface area contributed by atoms with Crippen LogP contribution in [-0.2, 0) is 19.6 Å². The molecular weight excluding hydrogens is 558 g/mol. The van der Waals surface area contributed by atoms with E-state index in [1.165, 1.54) is 0 Å². The fourth-order valence-corrected chi connectivity index (χ4v) is 5.32. The number of carbonyl (C=O) groups is 1. The molecule has 0 radical (unpaired) electrons. The fourth-order valence-electron chi connectivity index (χ4n) is 5.08. The van der Waals surface area contributed by atoms with Crippen LogP contribution in [-0.4, -0.2) is 16.1 Å². The maximum absolute atomic E-state index is 12.7. The molecule has 0 spiro atoms. The molecule has 43 heavy (non-hydrogen) atoms. The fraction of sp³-hybridized carbons (Fsp3) is 0.0811. The van der Waals surface area contributed by atoms with Gasteiger partial charge in [-0.1, -0.05) is 121 Å². The first kappa shape index (κ1) is 28.0. The lowest BCUT2D eigenvalue weighted by molar-refractivity contribution is 0.0689. The van der Waals surface area contributed by atoms with Crippen molar-refractivity contribution in [1.82, 2.24) is 4.98 Å². The van der Waals surface area contributed by atoms with Crippen molar-refractivity contribution in [3.8, 4) is 22.6 Å². The molecule has 0 saturated carbocycles. The molecule has 5 nitrogen and oxygen atoms in total. The summed E-state index contributed by atoms with van der Waals surface area (Å²) in [4.78, 5) is 17.4. The highest BCUT2D eigenvalue weighted by molar-refractivity contribution is 6.33. The standard InChI is InChI=1S/C37H28ClNO4/c38-32-19-11-10-18-29(32)28-21-31-34(33(22-28)42-23-26-14-6-2-7-15-26)39-35(37(40)41)30(20-25-12-4-1-5-13-25)36(31)43-24-27-16-8-3-9-17-27/h1-19,21-22H,20,23-24H2,(H,40,41). The summed E-state index contributed by atoms with van der Waals surface area (Å²) in [6.07, 6.45) is 0.325. The summed E-state index contributed by atoms with van der Waals surface area (Å²) in [6, 6.07) is 40.7. The molecule has 212 valence electrons. The predicted octanol–water partition coefficient (Wildman–Crippen LogP) is 9.00. The average Bonchev–Trinajstić information content (AvgIpc) is 3.04. The van der Waals surface area contributed by atoms with Gasteiger partial charge >= 0.3 is 5.97 Å². The maximum Gasteiger partial charge on any atom is 0.354 e. The molecule has 0 amide bonds. The van der Waals surface area contributed by atoms with Crippen LogP contribution in [0.1, 0.15) is 32.7 Å². The van der Waals surface area contributed by atoms with Gasteiger partial charge in [0, 0.05) is 28.0 Å². The highest BCUT2D eigenvalue weighted by atomic mass is 35.5. The van der Waals surface area contributed by atoms with E-state index in [9.17, 15) is 9.90 Å². The van der Waals surface area contributed by atoms with Gasteiger partial charge in [0.05, 0.1) is 0 Å². The van der Waals surface area contributed by atoms with E-state index in [1.807, 2.05) is 127 Å². The smallest absolute Gasteiger partial charge is 0.354 e. The van der Waals surface area contributed by atoms with Crippen LogP contribution in [0.25, 0.3) is 22.0 Å². The number of hydrogen-bond acceptors (Lipinski definition) is 4. The van der Waals surface area contributed by atoms with Crippen LogP contribution in [0, 0.1) is 0 Å². The number of ether oxygens (including phenoxy) is 2. The lowest BCUT2D eigenvalue weighted by Crippen LogP contribution is -2.11. The number of pyridine rings is 1. The van der Waals surface area contributed by atoms with Gasteiger partial charge in [-0.15, -0.1) is 0 Å². The third kappa shape index (κ3) is 6.37.